The third-order valence-corrected chi connectivity index (χ3v) is 5.17. The molecule has 4 aromatic rings. The number of carbonyl (C=O) groups is 1. The second-order valence-electron chi connectivity index (χ2n) is 7.51. The average Bonchev–Trinajstić information content (AvgIpc) is 3.11. The van der Waals surface area contributed by atoms with E-state index in [-0.39, 0.29) is 5.97 Å². The van der Waals surface area contributed by atoms with Gasteiger partial charge >= 0.3 is 5.97 Å². The Morgan fingerprint density at radius 3 is 2.25 bits per heavy atom. The molecule has 1 heterocycles. The fourth-order valence-electron chi connectivity index (χ4n) is 3.64. The van der Waals surface area contributed by atoms with Gasteiger partial charge in [-0.15, -0.1) is 0 Å². The van der Waals surface area contributed by atoms with Gasteiger partial charge in [0.15, 0.2) is 0 Å². The van der Waals surface area contributed by atoms with Crippen LogP contribution in [0.25, 0.3) is 21.8 Å². The topological polar surface area (TPSA) is 58.9 Å². The Hall–Kier alpha value is -3.51. The standard InChI is InChI=1S/C26H27NO5/c1-19(28)32-27-25-7-4-3-6-23(25)24-13-12-22(18-26(24)27)31-16-5-15-30-21-10-8-20(9-11-21)14-17-29-2/h3-4,6-13,18H,5,14-17H2,1-2H3. The van der Waals surface area contributed by atoms with Gasteiger partial charge in [0.25, 0.3) is 0 Å². The third kappa shape index (κ3) is 5.03. The van der Waals surface area contributed by atoms with E-state index in [0.29, 0.717) is 19.8 Å². The van der Waals surface area contributed by atoms with E-state index < -0.39 is 0 Å². The molecule has 0 fully saturated rings. The van der Waals surface area contributed by atoms with Crippen LogP contribution in [0.15, 0.2) is 66.7 Å². The first kappa shape index (κ1) is 21.7. The fourth-order valence-corrected chi connectivity index (χ4v) is 3.64. The van der Waals surface area contributed by atoms with Crippen molar-refractivity contribution in [3.05, 3.63) is 72.3 Å². The number of aromatic nitrogens is 1. The summed E-state index contributed by atoms with van der Waals surface area (Å²) >= 11 is 0. The molecule has 0 unspecified atom stereocenters. The molecular formula is C26H27NO5. The summed E-state index contributed by atoms with van der Waals surface area (Å²) in [6.45, 7) is 3.19. The van der Waals surface area contributed by atoms with Crippen LogP contribution in [-0.2, 0) is 16.0 Å². The van der Waals surface area contributed by atoms with Gasteiger partial charge in [-0.2, -0.15) is 4.73 Å². The first-order chi connectivity index (χ1) is 15.7. The van der Waals surface area contributed by atoms with Crippen LogP contribution in [0.4, 0.5) is 0 Å². The first-order valence-corrected chi connectivity index (χ1v) is 10.7. The number of nitrogens with zero attached hydrogens (tertiary/aromatic N) is 1. The Balaban J connectivity index is 1.35. The molecule has 6 heteroatoms. The lowest BCUT2D eigenvalue weighted by molar-refractivity contribution is -0.140. The van der Waals surface area contributed by atoms with Gasteiger partial charge in [-0.25, -0.2) is 4.79 Å². The highest BCUT2D eigenvalue weighted by Gasteiger charge is 2.13. The van der Waals surface area contributed by atoms with Crippen molar-refractivity contribution in [1.29, 1.82) is 0 Å². The maximum absolute atomic E-state index is 11.6. The maximum Gasteiger partial charge on any atom is 0.329 e. The van der Waals surface area contributed by atoms with E-state index in [4.69, 9.17) is 19.0 Å². The van der Waals surface area contributed by atoms with E-state index in [1.807, 2.05) is 54.6 Å². The van der Waals surface area contributed by atoms with Crippen LogP contribution >= 0.6 is 0 Å². The lowest BCUT2D eigenvalue weighted by Gasteiger charge is -2.10. The predicted molar refractivity (Wildman–Crippen MR) is 124 cm³/mol. The molecule has 0 saturated heterocycles. The molecule has 32 heavy (non-hydrogen) atoms. The molecule has 4 rings (SSSR count). The minimum absolute atomic E-state index is 0.372. The summed E-state index contributed by atoms with van der Waals surface area (Å²) in [4.78, 5) is 17.1. The van der Waals surface area contributed by atoms with Crippen molar-refractivity contribution in [2.24, 2.45) is 0 Å². The molecule has 0 aliphatic rings. The molecular weight excluding hydrogens is 406 g/mol. The number of hydrogen-bond acceptors (Lipinski definition) is 5. The summed E-state index contributed by atoms with van der Waals surface area (Å²) in [5.41, 5.74) is 2.87. The molecule has 1 aromatic heterocycles. The second kappa shape index (κ2) is 10.2. The number of carbonyl (C=O) groups excluding carboxylic acids is 1. The predicted octanol–water partition coefficient (Wildman–Crippen LogP) is 4.81. The van der Waals surface area contributed by atoms with Gasteiger partial charge in [0.1, 0.15) is 11.5 Å². The van der Waals surface area contributed by atoms with Crippen molar-refractivity contribution in [3.63, 3.8) is 0 Å². The van der Waals surface area contributed by atoms with E-state index in [0.717, 1.165) is 46.1 Å². The Labute approximate surface area is 187 Å². The summed E-state index contributed by atoms with van der Waals surface area (Å²) in [6.07, 6.45) is 1.64. The number of hydrogen-bond donors (Lipinski definition) is 0. The lowest BCUT2D eigenvalue weighted by atomic mass is 10.1. The van der Waals surface area contributed by atoms with Crippen molar-refractivity contribution in [3.8, 4) is 11.5 Å². The molecule has 166 valence electrons. The van der Waals surface area contributed by atoms with Crippen LogP contribution in [0.3, 0.4) is 0 Å². The summed E-state index contributed by atoms with van der Waals surface area (Å²) in [6, 6.07) is 21.7. The van der Waals surface area contributed by atoms with E-state index >= 15 is 0 Å². The number of fused-ring (bicyclic) bond motifs is 3. The number of methoxy groups -OCH3 is 1. The molecule has 0 aliphatic carbocycles. The minimum atomic E-state index is -0.372. The minimum Gasteiger partial charge on any atom is -0.493 e. The van der Waals surface area contributed by atoms with Crippen molar-refractivity contribution in [1.82, 2.24) is 4.73 Å². The molecule has 0 N–H and O–H groups in total. The Bertz CT molecular complexity index is 1200. The molecule has 0 saturated carbocycles. The lowest BCUT2D eigenvalue weighted by Crippen LogP contribution is -2.15. The summed E-state index contributed by atoms with van der Waals surface area (Å²) in [5.74, 6) is 1.19. The van der Waals surface area contributed by atoms with E-state index in [1.165, 1.54) is 12.5 Å². The first-order valence-electron chi connectivity index (χ1n) is 10.7. The second-order valence-corrected chi connectivity index (χ2v) is 7.51. The third-order valence-electron chi connectivity index (χ3n) is 5.17. The van der Waals surface area contributed by atoms with Crippen molar-refractivity contribution >= 4 is 27.8 Å². The Morgan fingerprint density at radius 2 is 1.50 bits per heavy atom. The highest BCUT2D eigenvalue weighted by atomic mass is 16.7. The number of para-hydroxylation sites is 1. The quantitative estimate of drug-likeness (QED) is 0.336. The maximum atomic E-state index is 11.6. The summed E-state index contributed by atoms with van der Waals surface area (Å²) < 4.78 is 18.4. The molecule has 6 nitrogen and oxygen atoms in total. The van der Waals surface area contributed by atoms with Crippen LogP contribution in [0.1, 0.15) is 18.9 Å². The molecule has 0 bridgehead atoms. The van der Waals surface area contributed by atoms with Crippen LogP contribution in [-0.4, -0.2) is 37.6 Å². The smallest absolute Gasteiger partial charge is 0.329 e. The van der Waals surface area contributed by atoms with Crippen molar-refractivity contribution < 1.29 is 23.8 Å². The van der Waals surface area contributed by atoms with Gasteiger partial charge < -0.3 is 19.0 Å². The van der Waals surface area contributed by atoms with Gasteiger partial charge in [0, 0.05) is 37.3 Å². The van der Waals surface area contributed by atoms with Crippen molar-refractivity contribution in [2.75, 3.05) is 26.9 Å². The highest BCUT2D eigenvalue weighted by molar-refractivity contribution is 6.08. The molecule has 0 atom stereocenters. The van der Waals surface area contributed by atoms with Crippen LogP contribution in [0, 0.1) is 0 Å². The Kier molecular flexibility index (Phi) is 6.92. The zero-order valence-electron chi connectivity index (χ0n) is 18.4. The monoisotopic (exact) mass is 433 g/mol. The van der Waals surface area contributed by atoms with Gasteiger partial charge in [0.2, 0.25) is 0 Å². The average molecular weight is 434 g/mol. The number of benzene rings is 3. The number of ether oxygens (including phenoxy) is 3. The van der Waals surface area contributed by atoms with Gasteiger partial charge in [-0.1, -0.05) is 30.3 Å². The summed E-state index contributed by atoms with van der Waals surface area (Å²) in [7, 11) is 1.71. The molecule has 0 radical (unpaired) electrons. The zero-order chi connectivity index (χ0) is 22.3. The number of rotatable bonds is 10. The normalized spacial score (nSPS) is 11.1. The van der Waals surface area contributed by atoms with Crippen LogP contribution in [0.5, 0.6) is 11.5 Å². The largest absolute Gasteiger partial charge is 0.493 e. The Morgan fingerprint density at radius 1 is 0.812 bits per heavy atom. The van der Waals surface area contributed by atoms with Crippen LogP contribution < -0.4 is 14.3 Å². The SMILES string of the molecule is COCCc1ccc(OCCCOc2ccc3c4ccccc4n(OC(C)=O)c3c2)cc1. The van der Waals surface area contributed by atoms with Gasteiger partial charge in [0.05, 0.1) is 30.9 Å². The molecule has 0 amide bonds. The van der Waals surface area contributed by atoms with E-state index in [2.05, 4.69) is 12.1 Å². The molecule has 0 spiro atoms. The molecule has 3 aromatic carbocycles. The van der Waals surface area contributed by atoms with E-state index in [9.17, 15) is 4.79 Å². The summed E-state index contributed by atoms with van der Waals surface area (Å²) in [5, 5.41) is 2.03. The van der Waals surface area contributed by atoms with Crippen LogP contribution in [0.2, 0.25) is 0 Å². The zero-order valence-corrected chi connectivity index (χ0v) is 18.4. The fraction of sp³-hybridized carbons (Fsp3) is 0.269. The van der Waals surface area contributed by atoms with Gasteiger partial charge in [-0.05, 0) is 42.3 Å². The van der Waals surface area contributed by atoms with E-state index in [1.54, 1.807) is 11.8 Å². The van der Waals surface area contributed by atoms with Crippen molar-refractivity contribution in [2.45, 2.75) is 19.8 Å². The van der Waals surface area contributed by atoms with Gasteiger partial charge in [-0.3, -0.25) is 0 Å². The molecule has 0 aliphatic heterocycles. The highest BCUT2D eigenvalue weighted by Crippen LogP contribution is 2.31.